The first-order valence-corrected chi connectivity index (χ1v) is 11.7. The highest BCUT2D eigenvalue weighted by molar-refractivity contribution is 6.39. The van der Waals surface area contributed by atoms with Crippen LogP contribution in [-0.2, 0) is 20.9 Å². The first kappa shape index (κ1) is 25.1. The highest BCUT2D eigenvalue weighted by Gasteiger charge is 2.22. The van der Waals surface area contributed by atoms with Crippen LogP contribution >= 0.6 is 0 Å². The van der Waals surface area contributed by atoms with Crippen LogP contribution in [0.1, 0.15) is 34.1 Å². The number of carbonyl (C=O) groups is 3. The van der Waals surface area contributed by atoms with Gasteiger partial charge in [-0.25, -0.2) is 5.43 Å². The van der Waals surface area contributed by atoms with Crippen LogP contribution in [0.5, 0.6) is 0 Å². The van der Waals surface area contributed by atoms with Gasteiger partial charge in [0.15, 0.2) is 0 Å². The van der Waals surface area contributed by atoms with E-state index in [1.807, 2.05) is 79.7 Å². The maximum Gasteiger partial charge on any atom is 0.313 e. The Morgan fingerprint density at radius 1 is 0.811 bits per heavy atom. The van der Waals surface area contributed by atoms with Gasteiger partial charge in [-0.15, -0.1) is 0 Å². The smallest absolute Gasteiger partial charge is 0.313 e. The number of anilines is 1. The largest absolute Gasteiger partial charge is 0.458 e. The number of nitrogens with one attached hydrogen (secondary N) is 3. The highest BCUT2D eigenvalue weighted by atomic mass is 16.3. The molecule has 0 atom stereocenters. The minimum atomic E-state index is -0.785. The maximum atomic E-state index is 13.0. The third-order valence-corrected chi connectivity index (χ3v) is 5.52. The zero-order chi connectivity index (χ0) is 26.0. The molecule has 0 saturated heterocycles. The van der Waals surface area contributed by atoms with E-state index in [4.69, 9.17) is 4.42 Å². The van der Waals surface area contributed by atoms with E-state index in [2.05, 4.69) is 21.2 Å². The fraction of sp³-hybridized carbons (Fsp3) is 0.103. The lowest BCUT2D eigenvalue weighted by atomic mass is 9.91. The molecule has 3 aromatic carbocycles. The summed E-state index contributed by atoms with van der Waals surface area (Å²) in [6, 6.07) is 29.4. The van der Waals surface area contributed by atoms with Crippen molar-refractivity contribution in [2.45, 2.75) is 19.4 Å². The molecule has 0 saturated carbocycles. The molecular weight excluding hydrogens is 468 g/mol. The predicted octanol–water partition coefficient (Wildman–Crippen LogP) is 4.13. The first-order valence-electron chi connectivity index (χ1n) is 11.7. The molecule has 0 fully saturated rings. The Kier molecular flexibility index (Phi) is 8.23. The van der Waals surface area contributed by atoms with Crippen LogP contribution in [0.15, 0.2) is 107 Å². The van der Waals surface area contributed by atoms with E-state index in [0.717, 1.165) is 16.7 Å². The van der Waals surface area contributed by atoms with Crippen molar-refractivity contribution in [1.29, 1.82) is 0 Å². The molecule has 3 amide bonds. The van der Waals surface area contributed by atoms with Crippen LogP contribution in [0, 0.1) is 6.92 Å². The highest BCUT2D eigenvalue weighted by Crippen LogP contribution is 2.24. The summed E-state index contributed by atoms with van der Waals surface area (Å²) in [5.41, 5.74) is 5.86. The van der Waals surface area contributed by atoms with E-state index in [1.54, 1.807) is 24.3 Å². The number of carbonyl (C=O) groups excluding carboxylic acids is 3. The lowest BCUT2D eigenvalue weighted by molar-refractivity contribution is -0.136. The second-order valence-electron chi connectivity index (χ2n) is 8.30. The molecule has 0 radical (unpaired) electrons. The van der Waals surface area contributed by atoms with Crippen molar-refractivity contribution in [3.8, 4) is 0 Å². The van der Waals surface area contributed by atoms with Gasteiger partial charge in [0.2, 0.25) is 0 Å². The van der Waals surface area contributed by atoms with Gasteiger partial charge in [0.1, 0.15) is 11.5 Å². The van der Waals surface area contributed by atoms with Crippen LogP contribution in [0.2, 0.25) is 0 Å². The molecule has 0 aliphatic rings. The summed E-state index contributed by atoms with van der Waals surface area (Å²) in [6.45, 7) is 1.95. The lowest BCUT2D eigenvalue weighted by Gasteiger charge is -2.16. The van der Waals surface area contributed by atoms with E-state index in [0.29, 0.717) is 17.2 Å². The standard InChI is InChI=1S/C29H26N4O4/c1-20-12-14-23(15-13-20)32-29(36)28(35)30-18-24-16-17-25(37-24)19-31-33-27(34)26(21-8-4-2-5-9-21)22-10-6-3-7-11-22/h2-17,19,26H,18H2,1H3,(H,30,35)(H,32,36)(H,33,34)/b31-19-. The van der Waals surface area contributed by atoms with Gasteiger partial charge in [-0.3, -0.25) is 14.4 Å². The third kappa shape index (κ3) is 7.02. The minimum absolute atomic E-state index is 0.0183. The van der Waals surface area contributed by atoms with Crippen LogP contribution < -0.4 is 16.1 Å². The average molecular weight is 495 g/mol. The van der Waals surface area contributed by atoms with Crippen LogP contribution in [0.25, 0.3) is 0 Å². The molecule has 0 bridgehead atoms. The van der Waals surface area contributed by atoms with E-state index < -0.39 is 17.7 Å². The van der Waals surface area contributed by atoms with Crippen LogP contribution in [0.3, 0.4) is 0 Å². The van der Waals surface area contributed by atoms with Gasteiger partial charge in [0, 0.05) is 5.69 Å². The van der Waals surface area contributed by atoms with Crippen molar-refractivity contribution in [2.75, 3.05) is 5.32 Å². The number of hydrogen-bond acceptors (Lipinski definition) is 5. The Morgan fingerprint density at radius 2 is 1.43 bits per heavy atom. The van der Waals surface area contributed by atoms with Gasteiger partial charge in [0.05, 0.1) is 18.7 Å². The molecule has 0 aliphatic carbocycles. The van der Waals surface area contributed by atoms with Gasteiger partial charge in [-0.1, -0.05) is 78.4 Å². The number of hydrazone groups is 1. The molecule has 8 nitrogen and oxygen atoms in total. The summed E-state index contributed by atoms with van der Waals surface area (Å²) in [5, 5.41) is 9.08. The van der Waals surface area contributed by atoms with Crippen LogP contribution in [0.4, 0.5) is 5.69 Å². The van der Waals surface area contributed by atoms with Gasteiger partial charge >= 0.3 is 11.8 Å². The molecule has 3 N–H and O–H groups in total. The lowest BCUT2D eigenvalue weighted by Crippen LogP contribution is -2.34. The number of rotatable bonds is 8. The molecule has 186 valence electrons. The van der Waals surface area contributed by atoms with E-state index >= 15 is 0 Å². The molecule has 1 heterocycles. The molecular formula is C29H26N4O4. The summed E-state index contributed by atoms with van der Waals surface area (Å²) in [5.74, 6) is -1.56. The Morgan fingerprint density at radius 3 is 2.05 bits per heavy atom. The predicted molar refractivity (Wildman–Crippen MR) is 141 cm³/mol. The van der Waals surface area contributed by atoms with Crippen molar-refractivity contribution in [1.82, 2.24) is 10.7 Å². The third-order valence-electron chi connectivity index (χ3n) is 5.52. The molecule has 4 aromatic rings. The van der Waals surface area contributed by atoms with Crippen LogP contribution in [-0.4, -0.2) is 23.9 Å². The minimum Gasteiger partial charge on any atom is -0.458 e. The van der Waals surface area contributed by atoms with Gasteiger partial charge in [-0.05, 0) is 42.3 Å². The molecule has 0 unspecified atom stereocenters. The molecule has 0 spiro atoms. The van der Waals surface area contributed by atoms with E-state index in [9.17, 15) is 14.4 Å². The second-order valence-corrected chi connectivity index (χ2v) is 8.30. The van der Waals surface area contributed by atoms with Gasteiger partial charge < -0.3 is 15.1 Å². The Hall–Kier alpha value is -4.98. The number of hydrogen-bond donors (Lipinski definition) is 3. The van der Waals surface area contributed by atoms with Crippen molar-refractivity contribution in [3.05, 3.63) is 125 Å². The zero-order valence-corrected chi connectivity index (χ0v) is 20.2. The second kappa shape index (κ2) is 12.1. The van der Waals surface area contributed by atoms with Gasteiger partial charge in [0.25, 0.3) is 5.91 Å². The number of amides is 3. The van der Waals surface area contributed by atoms with E-state index in [-0.39, 0.29) is 12.5 Å². The zero-order valence-electron chi connectivity index (χ0n) is 20.2. The van der Waals surface area contributed by atoms with E-state index in [1.165, 1.54) is 6.21 Å². The molecule has 0 aliphatic heterocycles. The molecule has 37 heavy (non-hydrogen) atoms. The summed E-state index contributed by atoms with van der Waals surface area (Å²) in [7, 11) is 0. The Labute approximate surface area is 214 Å². The Bertz CT molecular complexity index is 1340. The topological polar surface area (TPSA) is 113 Å². The van der Waals surface area contributed by atoms with Gasteiger partial charge in [-0.2, -0.15) is 5.10 Å². The summed E-state index contributed by atoms with van der Waals surface area (Å²) in [4.78, 5) is 37.2. The fourth-order valence-corrected chi connectivity index (χ4v) is 3.64. The van der Waals surface area contributed by atoms with Crippen molar-refractivity contribution < 1.29 is 18.8 Å². The Balaban J connectivity index is 1.31. The molecule has 8 heteroatoms. The normalized spacial score (nSPS) is 10.9. The van der Waals surface area contributed by atoms with Crippen molar-refractivity contribution in [3.63, 3.8) is 0 Å². The monoisotopic (exact) mass is 494 g/mol. The summed E-state index contributed by atoms with van der Waals surface area (Å²) in [6.07, 6.45) is 1.38. The molecule has 1 aromatic heterocycles. The number of aryl methyl sites for hydroxylation is 1. The van der Waals surface area contributed by atoms with Crippen molar-refractivity contribution >= 4 is 29.6 Å². The summed E-state index contributed by atoms with van der Waals surface area (Å²) < 4.78 is 5.61. The number of nitrogens with zero attached hydrogens (tertiary/aromatic N) is 1. The average Bonchev–Trinajstić information content (AvgIpc) is 3.37. The number of benzene rings is 3. The van der Waals surface area contributed by atoms with Crippen molar-refractivity contribution in [2.24, 2.45) is 5.10 Å². The molecule has 4 rings (SSSR count). The maximum absolute atomic E-state index is 13.0. The first-order chi connectivity index (χ1) is 18.0. The summed E-state index contributed by atoms with van der Waals surface area (Å²) >= 11 is 0. The SMILES string of the molecule is Cc1ccc(NC(=O)C(=O)NCc2ccc(/C=N\NC(=O)C(c3ccccc3)c3ccccc3)o2)cc1. The fourth-order valence-electron chi connectivity index (χ4n) is 3.64. The quantitative estimate of drug-likeness (QED) is 0.194. The number of furan rings is 1.